The summed E-state index contributed by atoms with van der Waals surface area (Å²) in [6.45, 7) is 0. The molecule has 3 aromatic carbocycles. The minimum Gasteiger partial charge on any atom is -0.399 e. The van der Waals surface area contributed by atoms with Gasteiger partial charge in [0.2, 0.25) is 10.0 Å². The summed E-state index contributed by atoms with van der Waals surface area (Å²) in [6, 6.07) is 17.6. The molecule has 0 aliphatic carbocycles. The van der Waals surface area contributed by atoms with E-state index in [0.717, 1.165) is 33.2 Å². The summed E-state index contributed by atoms with van der Waals surface area (Å²) in [5, 5.41) is 5.19. The van der Waals surface area contributed by atoms with E-state index in [4.69, 9.17) is 11.5 Å². The molecule has 0 saturated heterocycles. The second-order valence-corrected chi connectivity index (χ2v) is 8.28. The smallest absolute Gasteiger partial charge is 0.240 e. The molecule has 0 spiro atoms. The summed E-state index contributed by atoms with van der Waals surface area (Å²) in [4.78, 5) is 4.87. The van der Waals surface area contributed by atoms with Crippen LogP contribution >= 0.6 is 0 Å². The van der Waals surface area contributed by atoms with Gasteiger partial charge in [0.1, 0.15) is 0 Å². The maximum atomic E-state index is 11.9. The number of anilines is 4. The number of rotatable bonds is 4. The molecule has 6 N–H and O–H groups in total. The van der Waals surface area contributed by atoms with Crippen molar-refractivity contribution in [3.05, 3.63) is 60.7 Å². The average Bonchev–Trinajstić information content (AvgIpc) is 2.67. The maximum Gasteiger partial charge on any atom is 0.240 e. The quantitative estimate of drug-likeness (QED) is 0.312. The Bertz CT molecular complexity index is 1240. The Balaban J connectivity index is 1.87. The molecule has 7 nitrogen and oxygen atoms in total. The zero-order valence-electron chi connectivity index (χ0n) is 15.1. The van der Waals surface area contributed by atoms with E-state index in [-0.39, 0.29) is 4.90 Å². The van der Waals surface area contributed by atoms with E-state index < -0.39 is 10.0 Å². The summed E-state index contributed by atoms with van der Waals surface area (Å²) in [5.41, 5.74) is 16.2. The molecule has 0 radical (unpaired) electrons. The summed E-state index contributed by atoms with van der Waals surface area (Å²) >= 11 is 0. The number of nitrogens with two attached hydrogens (primary N) is 2. The molecule has 4 aromatic rings. The zero-order valence-corrected chi connectivity index (χ0v) is 15.9. The Morgan fingerprint density at radius 3 is 1.86 bits per heavy atom. The minimum absolute atomic E-state index is 0.200. The first-order chi connectivity index (χ1) is 13.4. The molecule has 4 rings (SSSR count). The van der Waals surface area contributed by atoms with Crippen molar-refractivity contribution < 1.29 is 8.42 Å². The van der Waals surface area contributed by atoms with Crippen LogP contribution < -0.4 is 21.5 Å². The van der Waals surface area contributed by atoms with Crippen LogP contribution in [0.5, 0.6) is 0 Å². The van der Waals surface area contributed by atoms with Gasteiger partial charge in [0.15, 0.2) is 0 Å². The highest BCUT2D eigenvalue weighted by atomic mass is 32.2. The predicted octanol–water partition coefficient (Wildman–Crippen LogP) is 3.20. The lowest BCUT2D eigenvalue weighted by molar-refractivity contribution is 0.588. The second kappa shape index (κ2) is 6.66. The first-order valence-electron chi connectivity index (χ1n) is 8.56. The number of hydrogen-bond acceptors (Lipinski definition) is 6. The molecule has 0 unspecified atom stereocenters. The minimum atomic E-state index is -3.48. The lowest BCUT2D eigenvalue weighted by Gasteiger charge is -2.14. The van der Waals surface area contributed by atoms with E-state index >= 15 is 0 Å². The van der Waals surface area contributed by atoms with Gasteiger partial charge in [-0.3, -0.25) is 0 Å². The van der Waals surface area contributed by atoms with E-state index in [0.29, 0.717) is 11.4 Å². The molecular weight excluding hydrogens is 374 g/mol. The molecule has 1 aromatic heterocycles. The summed E-state index contributed by atoms with van der Waals surface area (Å²) in [5.74, 6) is 0. The number of aromatic nitrogens is 1. The van der Waals surface area contributed by atoms with Gasteiger partial charge in [0, 0.05) is 27.8 Å². The third-order valence-electron chi connectivity index (χ3n) is 4.53. The number of nitrogens with zero attached hydrogens (tertiary/aromatic N) is 1. The molecule has 0 fully saturated rings. The number of hydrogen-bond donors (Lipinski definition) is 4. The molecule has 0 amide bonds. The fourth-order valence-electron chi connectivity index (χ4n) is 3.09. The number of pyridine rings is 1. The first kappa shape index (κ1) is 18.0. The average molecular weight is 393 g/mol. The fraction of sp³-hybridized carbons (Fsp3) is 0.0500. The van der Waals surface area contributed by atoms with Crippen molar-refractivity contribution in [2.24, 2.45) is 0 Å². The van der Waals surface area contributed by atoms with Crippen LogP contribution in [0.2, 0.25) is 0 Å². The molecule has 28 heavy (non-hydrogen) atoms. The van der Waals surface area contributed by atoms with Gasteiger partial charge in [-0.1, -0.05) is 0 Å². The van der Waals surface area contributed by atoms with Gasteiger partial charge in [-0.15, -0.1) is 0 Å². The summed E-state index contributed by atoms with van der Waals surface area (Å²) in [7, 11) is -2.10. The van der Waals surface area contributed by atoms with E-state index in [2.05, 4.69) is 15.0 Å². The molecule has 0 aliphatic rings. The van der Waals surface area contributed by atoms with E-state index in [1.165, 1.54) is 7.05 Å². The summed E-state index contributed by atoms with van der Waals surface area (Å²) in [6.07, 6.45) is 0. The number of sulfonamides is 1. The maximum absolute atomic E-state index is 11.9. The molecule has 0 atom stereocenters. The molecular formula is C20H19N5O2S. The largest absolute Gasteiger partial charge is 0.399 e. The Labute approximate surface area is 162 Å². The fourth-order valence-corrected chi connectivity index (χ4v) is 3.82. The van der Waals surface area contributed by atoms with Gasteiger partial charge in [-0.25, -0.2) is 18.1 Å². The zero-order chi connectivity index (χ0) is 19.9. The lowest BCUT2D eigenvalue weighted by Crippen LogP contribution is -2.18. The van der Waals surface area contributed by atoms with Crippen molar-refractivity contribution in [1.29, 1.82) is 0 Å². The van der Waals surface area contributed by atoms with Gasteiger partial charge in [0.05, 0.1) is 21.6 Å². The molecule has 8 heteroatoms. The Kier molecular flexibility index (Phi) is 4.29. The normalized spacial score (nSPS) is 11.8. The summed E-state index contributed by atoms with van der Waals surface area (Å²) < 4.78 is 26.1. The number of benzene rings is 3. The molecule has 0 saturated carbocycles. The van der Waals surface area contributed by atoms with Crippen molar-refractivity contribution >= 4 is 54.6 Å². The highest BCUT2D eigenvalue weighted by Gasteiger charge is 2.13. The SMILES string of the molecule is CNS(=O)(=O)c1ccc(Nc2c3ccc(N)cc3nc3cc(N)ccc23)cc1. The third kappa shape index (κ3) is 3.19. The van der Waals surface area contributed by atoms with Crippen LogP contribution in [0.3, 0.4) is 0 Å². The van der Waals surface area contributed by atoms with Crippen LogP contribution in [0.1, 0.15) is 0 Å². The van der Waals surface area contributed by atoms with Crippen molar-refractivity contribution in [3.63, 3.8) is 0 Å². The molecule has 0 bridgehead atoms. The van der Waals surface area contributed by atoms with E-state index in [1.807, 2.05) is 36.4 Å². The molecule has 0 aliphatic heterocycles. The van der Waals surface area contributed by atoms with Gasteiger partial charge < -0.3 is 16.8 Å². The van der Waals surface area contributed by atoms with Crippen LogP contribution in [0.15, 0.2) is 65.6 Å². The third-order valence-corrected chi connectivity index (χ3v) is 5.96. The van der Waals surface area contributed by atoms with Crippen molar-refractivity contribution in [2.75, 3.05) is 23.8 Å². The van der Waals surface area contributed by atoms with Crippen LogP contribution in [0.4, 0.5) is 22.7 Å². The van der Waals surface area contributed by atoms with Crippen molar-refractivity contribution in [3.8, 4) is 0 Å². The van der Waals surface area contributed by atoms with Crippen LogP contribution in [0, 0.1) is 0 Å². The van der Waals surface area contributed by atoms with Gasteiger partial charge in [-0.2, -0.15) is 0 Å². The second-order valence-electron chi connectivity index (χ2n) is 6.40. The number of fused-ring (bicyclic) bond motifs is 2. The van der Waals surface area contributed by atoms with Gasteiger partial charge >= 0.3 is 0 Å². The number of nitrogens with one attached hydrogen (secondary N) is 2. The lowest BCUT2D eigenvalue weighted by atomic mass is 10.1. The highest BCUT2D eigenvalue weighted by molar-refractivity contribution is 7.89. The van der Waals surface area contributed by atoms with Gasteiger partial charge in [0.25, 0.3) is 0 Å². The molecule has 142 valence electrons. The van der Waals surface area contributed by atoms with Crippen LogP contribution in [-0.4, -0.2) is 20.4 Å². The van der Waals surface area contributed by atoms with Crippen molar-refractivity contribution in [1.82, 2.24) is 9.71 Å². The van der Waals surface area contributed by atoms with Crippen LogP contribution in [-0.2, 0) is 10.0 Å². The Hall–Kier alpha value is -3.36. The number of nitrogen functional groups attached to an aromatic ring is 2. The standard InChI is InChI=1S/C20H19N5O2S/c1-23-28(26,27)15-6-4-14(5-7-15)24-20-16-8-2-12(21)10-18(16)25-19-11-13(22)3-9-17(19)20/h2-11,23H,21-22H2,1H3,(H,24,25). The topological polar surface area (TPSA) is 123 Å². The molecule has 1 heterocycles. The monoisotopic (exact) mass is 393 g/mol. The van der Waals surface area contributed by atoms with Crippen LogP contribution in [0.25, 0.3) is 21.8 Å². The van der Waals surface area contributed by atoms with Crippen molar-refractivity contribution in [2.45, 2.75) is 4.90 Å². The first-order valence-corrected chi connectivity index (χ1v) is 10.0. The van der Waals surface area contributed by atoms with E-state index in [1.54, 1.807) is 24.3 Å². The Morgan fingerprint density at radius 1 is 0.821 bits per heavy atom. The van der Waals surface area contributed by atoms with Gasteiger partial charge in [-0.05, 0) is 67.7 Å². The Morgan fingerprint density at radius 2 is 1.36 bits per heavy atom. The highest BCUT2D eigenvalue weighted by Crippen LogP contribution is 2.34. The van der Waals surface area contributed by atoms with E-state index in [9.17, 15) is 8.42 Å². The predicted molar refractivity (Wildman–Crippen MR) is 114 cm³/mol.